The minimum absolute atomic E-state index is 0.111. The van der Waals surface area contributed by atoms with Crippen LogP contribution in [0.4, 0.5) is 5.69 Å². The lowest BCUT2D eigenvalue weighted by molar-refractivity contribution is -0.140. The summed E-state index contributed by atoms with van der Waals surface area (Å²) in [5.74, 6) is -1.45. The van der Waals surface area contributed by atoms with Crippen LogP contribution in [0.2, 0.25) is 0 Å². The van der Waals surface area contributed by atoms with Crippen LogP contribution in [0.5, 0.6) is 0 Å². The summed E-state index contributed by atoms with van der Waals surface area (Å²) in [4.78, 5) is 26.8. The summed E-state index contributed by atoms with van der Waals surface area (Å²) in [6, 6.07) is 8.33. The maximum absolute atomic E-state index is 12.2. The highest BCUT2D eigenvalue weighted by atomic mass is 32.2. The number of hydrogen-bond donors (Lipinski definition) is 1. The van der Waals surface area contributed by atoms with Gasteiger partial charge in [-0.2, -0.15) is 0 Å². The van der Waals surface area contributed by atoms with Gasteiger partial charge in [-0.3, -0.25) is 14.5 Å². The fourth-order valence-corrected chi connectivity index (χ4v) is 4.58. The highest BCUT2D eigenvalue weighted by Gasteiger charge is 2.37. The number of para-hydroxylation sites is 1. The molecule has 1 aromatic carbocycles. The Labute approximate surface area is 168 Å². The number of fused-ring (bicyclic) bond motifs is 1. The van der Waals surface area contributed by atoms with Gasteiger partial charge in [0.15, 0.2) is 0 Å². The number of hydrogen-bond acceptors (Lipinski definition) is 5. The predicted molar refractivity (Wildman–Crippen MR) is 113 cm³/mol. The molecule has 0 spiro atoms. The third-order valence-corrected chi connectivity index (χ3v) is 6.12. The van der Waals surface area contributed by atoms with Crippen LogP contribution in [0, 0.1) is 0 Å². The van der Waals surface area contributed by atoms with E-state index in [2.05, 4.69) is 30.9 Å². The molecule has 0 bridgehead atoms. The summed E-state index contributed by atoms with van der Waals surface area (Å²) in [5, 5.41) is 8.87. The number of allylic oxidation sites excluding steroid dienone is 5. The average molecular weight is 401 g/mol. The van der Waals surface area contributed by atoms with E-state index >= 15 is 0 Å². The van der Waals surface area contributed by atoms with E-state index in [1.807, 2.05) is 31.3 Å². The lowest BCUT2D eigenvalue weighted by Crippen LogP contribution is -2.33. The largest absolute Gasteiger partial charge is 0.480 e. The molecule has 1 saturated heterocycles. The first-order valence-corrected chi connectivity index (χ1v) is 9.64. The van der Waals surface area contributed by atoms with E-state index in [0.29, 0.717) is 4.91 Å². The Balaban J connectivity index is 1.78. The molecule has 0 radical (unpaired) electrons. The van der Waals surface area contributed by atoms with Gasteiger partial charge in [0.25, 0.3) is 5.91 Å². The van der Waals surface area contributed by atoms with Gasteiger partial charge in [0, 0.05) is 23.8 Å². The van der Waals surface area contributed by atoms with Crippen molar-refractivity contribution in [2.24, 2.45) is 0 Å². The first kappa shape index (κ1) is 19.4. The Hall–Kier alpha value is -2.38. The molecule has 3 rings (SSSR count). The van der Waals surface area contributed by atoms with Crippen molar-refractivity contribution in [1.82, 2.24) is 4.90 Å². The molecule has 7 heteroatoms. The number of benzene rings is 1. The summed E-state index contributed by atoms with van der Waals surface area (Å²) in [6.07, 6.45) is 7.39. The highest BCUT2D eigenvalue weighted by molar-refractivity contribution is 8.26. The third-order valence-electron chi connectivity index (χ3n) is 4.72. The van der Waals surface area contributed by atoms with Crippen molar-refractivity contribution in [3.63, 3.8) is 0 Å². The average Bonchev–Trinajstić information content (AvgIpc) is 2.98. The molecule has 0 atom stereocenters. The van der Waals surface area contributed by atoms with Crippen molar-refractivity contribution in [3.05, 3.63) is 64.7 Å². The van der Waals surface area contributed by atoms with Gasteiger partial charge in [0.2, 0.25) is 0 Å². The van der Waals surface area contributed by atoms with Crippen molar-refractivity contribution >= 4 is 45.9 Å². The summed E-state index contributed by atoms with van der Waals surface area (Å²) in [5.41, 5.74) is 3.52. The number of thiocarbonyl (C=S) groups is 1. The van der Waals surface area contributed by atoms with Crippen LogP contribution in [0.3, 0.4) is 0 Å². The molecule has 27 heavy (non-hydrogen) atoms. The van der Waals surface area contributed by atoms with Crippen molar-refractivity contribution in [1.29, 1.82) is 0 Å². The summed E-state index contributed by atoms with van der Waals surface area (Å²) in [6.45, 7) is 3.96. The molecular weight excluding hydrogens is 380 g/mol. The first-order chi connectivity index (χ1) is 12.7. The molecule has 0 unspecified atom stereocenters. The maximum atomic E-state index is 12.2. The van der Waals surface area contributed by atoms with Gasteiger partial charge in [-0.15, -0.1) is 0 Å². The molecule has 1 aromatic rings. The van der Waals surface area contributed by atoms with E-state index in [0.717, 1.165) is 22.4 Å². The molecule has 2 aliphatic heterocycles. The molecule has 5 nitrogen and oxygen atoms in total. The van der Waals surface area contributed by atoms with Crippen molar-refractivity contribution < 1.29 is 14.7 Å². The van der Waals surface area contributed by atoms with Gasteiger partial charge >= 0.3 is 5.97 Å². The predicted octanol–water partition coefficient (Wildman–Crippen LogP) is 3.68. The van der Waals surface area contributed by atoms with Crippen LogP contribution < -0.4 is 4.90 Å². The SMILES string of the molecule is CN1/C(=C/C=C/C=C2/SC(=S)N(CC(=O)O)C2=O)C(C)(C)c2ccccc21. The van der Waals surface area contributed by atoms with Crippen molar-refractivity contribution in [3.8, 4) is 0 Å². The zero-order valence-corrected chi connectivity index (χ0v) is 16.9. The minimum Gasteiger partial charge on any atom is -0.480 e. The van der Waals surface area contributed by atoms with Crippen molar-refractivity contribution in [2.45, 2.75) is 19.3 Å². The van der Waals surface area contributed by atoms with E-state index in [4.69, 9.17) is 17.3 Å². The number of carbonyl (C=O) groups is 2. The van der Waals surface area contributed by atoms with Gasteiger partial charge in [-0.1, -0.05) is 68.2 Å². The fourth-order valence-electron chi connectivity index (χ4n) is 3.38. The van der Waals surface area contributed by atoms with Crippen LogP contribution in [0.15, 0.2) is 59.2 Å². The van der Waals surface area contributed by atoms with Crippen LogP contribution in [-0.2, 0) is 15.0 Å². The quantitative estimate of drug-likeness (QED) is 0.615. The Morgan fingerprint density at radius 1 is 1.26 bits per heavy atom. The van der Waals surface area contributed by atoms with Crippen molar-refractivity contribution in [2.75, 3.05) is 18.5 Å². The topological polar surface area (TPSA) is 60.9 Å². The maximum Gasteiger partial charge on any atom is 0.323 e. The minimum atomic E-state index is -1.08. The molecule has 0 saturated carbocycles. The number of carboxylic acids is 1. The Morgan fingerprint density at radius 2 is 1.93 bits per heavy atom. The number of carbonyl (C=O) groups excluding carboxylic acids is 1. The Morgan fingerprint density at radius 3 is 2.59 bits per heavy atom. The van der Waals surface area contributed by atoms with Crippen LogP contribution in [-0.4, -0.2) is 39.8 Å². The number of anilines is 1. The second kappa shape index (κ2) is 7.32. The van der Waals surface area contributed by atoms with Gasteiger partial charge in [0.05, 0.1) is 4.91 Å². The van der Waals surface area contributed by atoms with E-state index in [9.17, 15) is 9.59 Å². The van der Waals surface area contributed by atoms with Crippen LogP contribution in [0.1, 0.15) is 19.4 Å². The number of thioether (sulfide) groups is 1. The Bertz CT molecular complexity index is 916. The first-order valence-electron chi connectivity index (χ1n) is 8.41. The zero-order valence-electron chi connectivity index (χ0n) is 15.3. The molecule has 1 amide bonds. The lowest BCUT2D eigenvalue weighted by atomic mass is 9.84. The highest BCUT2D eigenvalue weighted by Crippen LogP contribution is 2.46. The second-order valence-electron chi connectivity index (χ2n) is 6.82. The number of amides is 1. The molecule has 2 aliphatic rings. The number of rotatable bonds is 4. The molecule has 140 valence electrons. The lowest BCUT2D eigenvalue weighted by Gasteiger charge is -2.23. The summed E-state index contributed by atoms with van der Waals surface area (Å²) < 4.78 is 0.271. The molecule has 0 aliphatic carbocycles. The molecule has 1 fully saturated rings. The smallest absolute Gasteiger partial charge is 0.323 e. The molecule has 2 heterocycles. The molecule has 1 N–H and O–H groups in total. The Kier molecular flexibility index (Phi) is 5.26. The third kappa shape index (κ3) is 3.57. The van der Waals surface area contributed by atoms with Gasteiger partial charge in [-0.05, 0) is 23.8 Å². The van der Waals surface area contributed by atoms with Gasteiger partial charge in [0.1, 0.15) is 10.9 Å². The molecular formula is C20H20N2O3S2. The molecule has 0 aromatic heterocycles. The van der Waals surface area contributed by atoms with E-state index < -0.39 is 12.5 Å². The monoisotopic (exact) mass is 400 g/mol. The van der Waals surface area contributed by atoms with Gasteiger partial charge in [-0.25, -0.2) is 0 Å². The normalized spacial score (nSPS) is 21.7. The van der Waals surface area contributed by atoms with E-state index in [-0.39, 0.29) is 15.6 Å². The number of likely N-dealkylation sites (N-methyl/N-ethyl adjacent to an activating group) is 1. The number of carboxylic acid groups (broad SMARTS) is 1. The fraction of sp³-hybridized carbons (Fsp3) is 0.250. The van der Waals surface area contributed by atoms with Crippen LogP contribution >= 0.6 is 24.0 Å². The zero-order chi connectivity index (χ0) is 19.8. The van der Waals surface area contributed by atoms with E-state index in [1.54, 1.807) is 12.2 Å². The van der Waals surface area contributed by atoms with Crippen LogP contribution in [0.25, 0.3) is 0 Å². The number of aliphatic carboxylic acids is 1. The number of nitrogens with zero attached hydrogens (tertiary/aromatic N) is 2. The summed E-state index contributed by atoms with van der Waals surface area (Å²) >= 11 is 6.21. The second-order valence-corrected chi connectivity index (χ2v) is 8.50. The summed E-state index contributed by atoms with van der Waals surface area (Å²) in [7, 11) is 2.05. The standard InChI is InChI=1S/C20H20N2O3S2/c1-20(2)13-8-4-5-9-14(13)21(3)16(20)11-7-6-10-15-18(25)22(12-17(23)24)19(26)27-15/h4-11H,12H2,1-3H3,(H,23,24)/b7-6+,15-10+,16-11+. The van der Waals surface area contributed by atoms with E-state index in [1.165, 1.54) is 11.3 Å². The van der Waals surface area contributed by atoms with Gasteiger partial charge < -0.3 is 10.0 Å².